The van der Waals surface area contributed by atoms with Gasteiger partial charge >= 0.3 is 11.9 Å². The van der Waals surface area contributed by atoms with Crippen LogP contribution in [-0.2, 0) is 20.7 Å². The Balaban J connectivity index is 1.70. The molecule has 0 saturated carbocycles. The summed E-state index contributed by atoms with van der Waals surface area (Å²) in [7, 11) is 0. The summed E-state index contributed by atoms with van der Waals surface area (Å²) in [4.78, 5) is 32.1. The minimum absolute atomic E-state index is 0.0270. The molecular formula is C30H42N2O4. The van der Waals surface area contributed by atoms with E-state index < -0.39 is 0 Å². The van der Waals surface area contributed by atoms with Gasteiger partial charge in [0.1, 0.15) is 0 Å². The third kappa shape index (κ3) is 12.1. The predicted octanol–water partition coefficient (Wildman–Crippen LogP) is 7.41. The highest BCUT2D eigenvalue weighted by molar-refractivity contribution is 5.73. The maximum atomic E-state index is 12.0. The van der Waals surface area contributed by atoms with Crippen LogP contribution < -0.4 is 4.74 Å². The highest BCUT2D eigenvalue weighted by atomic mass is 16.5. The molecule has 1 atom stereocenters. The van der Waals surface area contributed by atoms with E-state index in [2.05, 4.69) is 35.1 Å². The van der Waals surface area contributed by atoms with E-state index in [-0.39, 0.29) is 24.5 Å². The van der Waals surface area contributed by atoms with Crippen LogP contribution in [0.5, 0.6) is 5.75 Å². The molecule has 0 N–H and O–H groups in total. The number of esters is 2. The van der Waals surface area contributed by atoms with Crippen molar-refractivity contribution in [3.05, 3.63) is 54.4 Å². The highest BCUT2D eigenvalue weighted by Crippen LogP contribution is 2.19. The maximum Gasteiger partial charge on any atom is 0.315 e. The lowest BCUT2D eigenvalue weighted by atomic mass is 10.0. The van der Waals surface area contributed by atoms with Gasteiger partial charge in [-0.2, -0.15) is 0 Å². The Morgan fingerprint density at radius 1 is 0.889 bits per heavy atom. The SMILES string of the molecule is CCCCCCC/C=C\CC(=O)Oc1cnc(-c2ccc(CCCCC(C)OC(=O)CC)cc2)nc1. The van der Waals surface area contributed by atoms with Gasteiger partial charge < -0.3 is 9.47 Å². The number of allylic oxidation sites excluding steroid dienone is 1. The molecule has 1 unspecified atom stereocenters. The average molecular weight is 495 g/mol. The van der Waals surface area contributed by atoms with E-state index in [1.807, 2.05) is 32.1 Å². The van der Waals surface area contributed by atoms with Crippen LogP contribution in [-0.4, -0.2) is 28.0 Å². The number of aryl methyl sites for hydroxylation is 1. The molecule has 0 fully saturated rings. The van der Waals surface area contributed by atoms with Gasteiger partial charge in [0, 0.05) is 12.0 Å². The Morgan fingerprint density at radius 2 is 1.61 bits per heavy atom. The first-order valence-electron chi connectivity index (χ1n) is 13.5. The van der Waals surface area contributed by atoms with Gasteiger partial charge in [-0.1, -0.05) is 75.9 Å². The quantitative estimate of drug-likeness (QED) is 0.129. The molecular weight excluding hydrogens is 452 g/mol. The van der Waals surface area contributed by atoms with Crippen LogP contribution >= 0.6 is 0 Å². The number of benzene rings is 1. The van der Waals surface area contributed by atoms with Crippen LogP contribution in [0.25, 0.3) is 11.4 Å². The van der Waals surface area contributed by atoms with Gasteiger partial charge in [0.2, 0.25) is 0 Å². The van der Waals surface area contributed by atoms with E-state index in [1.165, 1.54) is 50.1 Å². The number of hydrogen-bond donors (Lipinski definition) is 0. The minimum atomic E-state index is -0.309. The average Bonchev–Trinajstić information content (AvgIpc) is 2.89. The molecule has 2 aromatic rings. The molecule has 1 heterocycles. The van der Waals surface area contributed by atoms with E-state index in [0.29, 0.717) is 18.0 Å². The molecule has 0 aliphatic carbocycles. The number of nitrogens with zero attached hydrogens (tertiary/aromatic N) is 2. The monoisotopic (exact) mass is 494 g/mol. The molecule has 6 heteroatoms. The third-order valence-corrected chi connectivity index (χ3v) is 5.94. The second-order valence-electron chi connectivity index (χ2n) is 9.19. The van der Waals surface area contributed by atoms with Crippen molar-refractivity contribution >= 4 is 11.9 Å². The Hall–Kier alpha value is -3.02. The number of carbonyl (C=O) groups excluding carboxylic acids is 2. The van der Waals surface area contributed by atoms with Crippen LogP contribution in [0, 0.1) is 0 Å². The largest absolute Gasteiger partial charge is 0.463 e. The molecule has 196 valence electrons. The summed E-state index contributed by atoms with van der Waals surface area (Å²) in [5.74, 6) is 0.501. The fraction of sp³-hybridized carbons (Fsp3) is 0.533. The molecule has 0 saturated heterocycles. The molecule has 0 amide bonds. The van der Waals surface area contributed by atoms with Crippen molar-refractivity contribution in [3.63, 3.8) is 0 Å². The summed E-state index contributed by atoms with van der Waals surface area (Å²) in [6.07, 6.45) is 18.8. The number of aromatic nitrogens is 2. The van der Waals surface area contributed by atoms with Crippen LogP contribution in [0.4, 0.5) is 0 Å². The van der Waals surface area contributed by atoms with Gasteiger partial charge in [0.25, 0.3) is 0 Å². The highest BCUT2D eigenvalue weighted by Gasteiger charge is 2.08. The first-order valence-corrected chi connectivity index (χ1v) is 13.5. The second-order valence-corrected chi connectivity index (χ2v) is 9.19. The Morgan fingerprint density at radius 3 is 2.31 bits per heavy atom. The van der Waals surface area contributed by atoms with E-state index in [0.717, 1.165) is 37.7 Å². The lowest BCUT2D eigenvalue weighted by Crippen LogP contribution is -2.13. The number of unbranched alkanes of at least 4 members (excludes halogenated alkanes) is 6. The van der Waals surface area contributed by atoms with Crippen LogP contribution in [0.3, 0.4) is 0 Å². The fourth-order valence-electron chi connectivity index (χ4n) is 3.80. The first kappa shape index (κ1) is 29.2. The van der Waals surface area contributed by atoms with Crippen LogP contribution in [0.15, 0.2) is 48.8 Å². The van der Waals surface area contributed by atoms with Crippen LogP contribution in [0.1, 0.15) is 97.0 Å². The lowest BCUT2D eigenvalue weighted by molar-refractivity contribution is -0.148. The van der Waals surface area contributed by atoms with Crippen molar-refractivity contribution in [2.75, 3.05) is 0 Å². The fourth-order valence-corrected chi connectivity index (χ4v) is 3.80. The standard InChI is InChI=1S/C30H42N2O4/c1-4-6-7-8-9-10-11-12-17-29(34)36-27-22-31-30(32-23-27)26-20-18-25(19-21-26)16-14-13-15-24(3)35-28(33)5-2/h11-12,18-24H,4-10,13-17H2,1-3H3/b12-11-. The van der Waals surface area contributed by atoms with Crippen molar-refractivity contribution in [1.82, 2.24) is 9.97 Å². The third-order valence-electron chi connectivity index (χ3n) is 5.94. The van der Waals surface area contributed by atoms with Crippen molar-refractivity contribution in [2.45, 2.75) is 104 Å². The summed E-state index contributed by atoms with van der Waals surface area (Å²) in [5, 5.41) is 0. The molecule has 0 radical (unpaired) electrons. The molecule has 1 aromatic carbocycles. The maximum absolute atomic E-state index is 12.0. The van der Waals surface area contributed by atoms with Crippen molar-refractivity contribution < 1.29 is 19.1 Å². The first-order chi connectivity index (χ1) is 17.5. The second kappa shape index (κ2) is 17.4. The van der Waals surface area contributed by atoms with Gasteiger partial charge in [-0.25, -0.2) is 9.97 Å². The van der Waals surface area contributed by atoms with E-state index >= 15 is 0 Å². The topological polar surface area (TPSA) is 78.4 Å². The summed E-state index contributed by atoms with van der Waals surface area (Å²) in [6.45, 7) is 5.97. The zero-order valence-electron chi connectivity index (χ0n) is 22.2. The summed E-state index contributed by atoms with van der Waals surface area (Å²) >= 11 is 0. The molecule has 2 rings (SSSR count). The number of ether oxygens (including phenoxy) is 2. The Labute approximate surface area is 216 Å². The summed E-state index contributed by atoms with van der Waals surface area (Å²) in [5.41, 5.74) is 2.16. The summed E-state index contributed by atoms with van der Waals surface area (Å²) < 4.78 is 10.6. The molecule has 0 bridgehead atoms. The Bertz CT molecular complexity index is 923. The van der Waals surface area contributed by atoms with Crippen molar-refractivity contribution in [3.8, 4) is 17.1 Å². The zero-order chi connectivity index (χ0) is 26.0. The van der Waals surface area contributed by atoms with E-state index in [1.54, 1.807) is 0 Å². The molecule has 36 heavy (non-hydrogen) atoms. The predicted molar refractivity (Wildman–Crippen MR) is 144 cm³/mol. The molecule has 0 aliphatic rings. The van der Waals surface area contributed by atoms with Gasteiger partial charge in [0.15, 0.2) is 11.6 Å². The number of rotatable bonds is 17. The lowest BCUT2D eigenvalue weighted by Gasteiger charge is -2.12. The molecule has 1 aromatic heterocycles. The van der Waals surface area contributed by atoms with Gasteiger partial charge in [0.05, 0.1) is 24.9 Å². The number of carbonyl (C=O) groups is 2. The number of hydrogen-bond acceptors (Lipinski definition) is 6. The molecule has 0 spiro atoms. The van der Waals surface area contributed by atoms with Gasteiger partial charge in [-0.15, -0.1) is 0 Å². The summed E-state index contributed by atoms with van der Waals surface area (Å²) in [6, 6.07) is 8.19. The Kier molecular flexibility index (Phi) is 14.1. The van der Waals surface area contributed by atoms with E-state index in [9.17, 15) is 9.59 Å². The normalized spacial score (nSPS) is 12.0. The van der Waals surface area contributed by atoms with Crippen molar-refractivity contribution in [1.29, 1.82) is 0 Å². The smallest absolute Gasteiger partial charge is 0.315 e. The minimum Gasteiger partial charge on any atom is -0.463 e. The van der Waals surface area contributed by atoms with Gasteiger partial charge in [-0.05, 0) is 51.0 Å². The molecule has 6 nitrogen and oxygen atoms in total. The zero-order valence-corrected chi connectivity index (χ0v) is 22.2. The van der Waals surface area contributed by atoms with Gasteiger partial charge in [-0.3, -0.25) is 9.59 Å². The van der Waals surface area contributed by atoms with E-state index in [4.69, 9.17) is 9.47 Å². The van der Waals surface area contributed by atoms with Crippen molar-refractivity contribution in [2.24, 2.45) is 0 Å². The molecule has 0 aliphatic heterocycles. The van der Waals surface area contributed by atoms with Crippen LogP contribution in [0.2, 0.25) is 0 Å².